The lowest BCUT2D eigenvalue weighted by molar-refractivity contribution is 0.0881. The molecule has 152 valence electrons. The van der Waals surface area contributed by atoms with Crippen LogP contribution < -0.4 is 5.32 Å². The number of fused-ring (bicyclic) bond motifs is 1. The van der Waals surface area contributed by atoms with Gasteiger partial charge in [0.1, 0.15) is 5.82 Å². The molecule has 2 aromatic carbocycles. The van der Waals surface area contributed by atoms with E-state index in [4.69, 9.17) is 4.42 Å². The number of aromatic nitrogens is 2. The fourth-order valence-electron chi connectivity index (χ4n) is 4.11. The summed E-state index contributed by atoms with van der Waals surface area (Å²) in [5.41, 5.74) is 3.89. The van der Waals surface area contributed by atoms with Crippen LogP contribution in [0, 0.1) is 0 Å². The Morgan fingerprint density at radius 1 is 1.07 bits per heavy atom. The van der Waals surface area contributed by atoms with E-state index in [0.717, 1.165) is 60.5 Å². The van der Waals surface area contributed by atoms with Crippen LogP contribution in [0.3, 0.4) is 0 Å². The lowest BCUT2D eigenvalue weighted by atomic mass is 10.0. The molecule has 1 saturated heterocycles. The maximum atomic E-state index is 12.8. The van der Waals surface area contributed by atoms with Gasteiger partial charge in [-0.25, -0.2) is 4.98 Å². The molecule has 5 rings (SSSR count). The number of para-hydroxylation sites is 2. The molecule has 0 aliphatic carbocycles. The zero-order valence-electron chi connectivity index (χ0n) is 16.7. The van der Waals surface area contributed by atoms with E-state index in [-0.39, 0.29) is 11.9 Å². The van der Waals surface area contributed by atoms with E-state index < -0.39 is 0 Å². The molecule has 0 bridgehead atoms. The van der Waals surface area contributed by atoms with Gasteiger partial charge in [0.15, 0.2) is 5.76 Å². The highest BCUT2D eigenvalue weighted by atomic mass is 16.3. The van der Waals surface area contributed by atoms with E-state index in [1.807, 2.05) is 60.7 Å². The number of rotatable bonds is 5. The van der Waals surface area contributed by atoms with E-state index in [1.54, 1.807) is 6.26 Å². The number of carbonyl (C=O) groups is 1. The SMILES string of the molecule is O=C(NC1CCN(Cc2nc3ccccc3[nH]2)CC1)c1occc1-c1ccccc1. The van der Waals surface area contributed by atoms with Crippen LogP contribution in [0.4, 0.5) is 0 Å². The minimum Gasteiger partial charge on any atom is -0.459 e. The topological polar surface area (TPSA) is 74.2 Å². The molecule has 1 aliphatic heterocycles. The Balaban J connectivity index is 1.18. The minimum absolute atomic E-state index is 0.144. The minimum atomic E-state index is -0.144. The average Bonchev–Trinajstić information content (AvgIpc) is 3.42. The van der Waals surface area contributed by atoms with Gasteiger partial charge in [-0.3, -0.25) is 9.69 Å². The molecular formula is C24H24N4O2. The molecule has 4 aromatic rings. The number of carbonyl (C=O) groups excluding carboxylic acids is 1. The van der Waals surface area contributed by atoms with Gasteiger partial charge < -0.3 is 14.7 Å². The highest BCUT2D eigenvalue weighted by molar-refractivity contribution is 5.98. The average molecular weight is 400 g/mol. The van der Waals surface area contributed by atoms with Crippen molar-refractivity contribution in [3.8, 4) is 11.1 Å². The van der Waals surface area contributed by atoms with E-state index in [2.05, 4.69) is 20.2 Å². The molecule has 0 atom stereocenters. The first-order chi connectivity index (χ1) is 14.8. The van der Waals surface area contributed by atoms with Crippen LogP contribution in [0.25, 0.3) is 22.2 Å². The van der Waals surface area contributed by atoms with Crippen LogP contribution in [0.1, 0.15) is 29.2 Å². The summed E-state index contributed by atoms with van der Waals surface area (Å²) in [6, 6.07) is 19.9. The summed E-state index contributed by atoms with van der Waals surface area (Å²) in [5.74, 6) is 1.22. The van der Waals surface area contributed by atoms with Crippen molar-refractivity contribution in [2.75, 3.05) is 13.1 Å². The highest BCUT2D eigenvalue weighted by Crippen LogP contribution is 2.25. The molecule has 1 aliphatic rings. The number of hydrogen-bond donors (Lipinski definition) is 2. The Bertz CT molecular complexity index is 1110. The third-order valence-corrected chi connectivity index (χ3v) is 5.69. The van der Waals surface area contributed by atoms with Gasteiger partial charge in [-0.15, -0.1) is 0 Å². The maximum absolute atomic E-state index is 12.8. The van der Waals surface area contributed by atoms with Crippen LogP contribution >= 0.6 is 0 Å². The van der Waals surface area contributed by atoms with Crippen molar-refractivity contribution >= 4 is 16.9 Å². The number of benzene rings is 2. The smallest absolute Gasteiger partial charge is 0.287 e. The van der Waals surface area contributed by atoms with E-state index in [1.165, 1.54) is 0 Å². The number of furan rings is 1. The van der Waals surface area contributed by atoms with Crippen molar-refractivity contribution in [2.45, 2.75) is 25.4 Å². The fourth-order valence-corrected chi connectivity index (χ4v) is 4.11. The predicted octanol–water partition coefficient (Wildman–Crippen LogP) is 4.22. The van der Waals surface area contributed by atoms with Crippen molar-refractivity contribution in [3.63, 3.8) is 0 Å². The Kier molecular flexibility index (Phi) is 5.07. The molecule has 6 heteroatoms. The normalized spacial score (nSPS) is 15.5. The monoisotopic (exact) mass is 400 g/mol. The third-order valence-electron chi connectivity index (χ3n) is 5.69. The van der Waals surface area contributed by atoms with Gasteiger partial charge in [-0.1, -0.05) is 42.5 Å². The van der Waals surface area contributed by atoms with Crippen LogP contribution in [0.2, 0.25) is 0 Å². The van der Waals surface area contributed by atoms with Crippen LogP contribution in [-0.4, -0.2) is 39.9 Å². The van der Waals surface area contributed by atoms with Crippen molar-refractivity contribution in [1.82, 2.24) is 20.2 Å². The van der Waals surface area contributed by atoms with Crippen LogP contribution in [-0.2, 0) is 6.54 Å². The number of amides is 1. The van der Waals surface area contributed by atoms with Crippen LogP contribution in [0.15, 0.2) is 71.3 Å². The Hall–Kier alpha value is -3.38. The second-order valence-corrected chi connectivity index (χ2v) is 7.75. The zero-order chi connectivity index (χ0) is 20.3. The van der Waals surface area contributed by atoms with Gasteiger partial charge in [0.25, 0.3) is 5.91 Å². The molecule has 1 amide bonds. The summed E-state index contributed by atoms with van der Waals surface area (Å²) >= 11 is 0. The summed E-state index contributed by atoms with van der Waals surface area (Å²) in [6.07, 6.45) is 3.40. The number of piperidine rings is 1. The number of nitrogens with one attached hydrogen (secondary N) is 2. The second kappa shape index (κ2) is 8.16. The molecule has 1 fully saturated rings. The molecule has 0 saturated carbocycles. The number of hydrogen-bond acceptors (Lipinski definition) is 4. The van der Waals surface area contributed by atoms with Crippen LogP contribution in [0.5, 0.6) is 0 Å². The molecule has 3 heterocycles. The van der Waals surface area contributed by atoms with Gasteiger partial charge in [0.05, 0.1) is 23.8 Å². The van der Waals surface area contributed by atoms with Crippen molar-refractivity contribution < 1.29 is 9.21 Å². The second-order valence-electron chi connectivity index (χ2n) is 7.75. The number of imidazole rings is 1. The summed E-state index contributed by atoms with van der Waals surface area (Å²) in [5, 5.41) is 3.15. The van der Waals surface area contributed by atoms with E-state index in [9.17, 15) is 4.79 Å². The molecule has 0 unspecified atom stereocenters. The number of aromatic amines is 1. The molecule has 6 nitrogen and oxygen atoms in total. The first-order valence-corrected chi connectivity index (χ1v) is 10.4. The quantitative estimate of drug-likeness (QED) is 0.526. The first-order valence-electron chi connectivity index (χ1n) is 10.4. The molecule has 0 spiro atoms. The summed E-state index contributed by atoms with van der Waals surface area (Å²) < 4.78 is 5.52. The van der Waals surface area contributed by atoms with Gasteiger partial charge >= 0.3 is 0 Å². The van der Waals surface area contributed by atoms with Crippen molar-refractivity contribution in [3.05, 3.63) is 78.5 Å². The molecule has 30 heavy (non-hydrogen) atoms. The Morgan fingerprint density at radius 2 is 1.83 bits per heavy atom. The largest absolute Gasteiger partial charge is 0.459 e. The Morgan fingerprint density at radius 3 is 2.63 bits per heavy atom. The molecule has 2 aromatic heterocycles. The summed E-state index contributed by atoms with van der Waals surface area (Å²) in [7, 11) is 0. The fraction of sp³-hybridized carbons (Fsp3) is 0.250. The standard InChI is InChI=1S/C24H24N4O2/c29-24(23-19(12-15-30-23)17-6-2-1-3-7-17)25-18-10-13-28(14-11-18)16-22-26-20-8-4-5-9-21(20)27-22/h1-9,12,15,18H,10-11,13-14,16H2,(H,25,29)(H,26,27). The first kappa shape index (κ1) is 18.6. The number of likely N-dealkylation sites (tertiary alicyclic amines) is 1. The molecular weight excluding hydrogens is 376 g/mol. The molecule has 2 N–H and O–H groups in total. The Labute approximate surface area is 174 Å². The van der Waals surface area contributed by atoms with Gasteiger partial charge in [-0.05, 0) is 36.6 Å². The lowest BCUT2D eigenvalue weighted by Gasteiger charge is -2.31. The number of H-pyrrole nitrogens is 1. The lowest BCUT2D eigenvalue weighted by Crippen LogP contribution is -2.44. The van der Waals surface area contributed by atoms with E-state index in [0.29, 0.717) is 5.76 Å². The van der Waals surface area contributed by atoms with Crippen molar-refractivity contribution in [2.24, 2.45) is 0 Å². The number of nitrogens with zero attached hydrogens (tertiary/aromatic N) is 2. The summed E-state index contributed by atoms with van der Waals surface area (Å²) in [4.78, 5) is 23.2. The van der Waals surface area contributed by atoms with E-state index >= 15 is 0 Å². The maximum Gasteiger partial charge on any atom is 0.287 e. The summed E-state index contributed by atoms with van der Waals surface area (Å²) in [6.45, 7) is 2.64. The third kappa shape index (κ3) is 3.86. The van der Waals surface area contributed by atoms with Gasteiger partial charge in [0, 0.05) is 24.7 Å². The molecule has 0 radical (unpaired) electrons. The zero-order valence-corrected chi connectivity index (χ0v) is 16.7. The van der Waals surface area contributed by atoms with Crippen molar-refractivity contribution in [1.29, 1.82) is 0 Å². The van der Waals surface area contributed by atoms with Gasteiger partial charge in [-0.2, -0.15) is 0 Å². The highest BCUT2D eigenvalue weighted by Gasteiger charge is 2.24. The van der Waals surface area contributed by atoms with Gasteiger partial charge in [0.2, 0.25) is 0 Å². The predicted molar refractivity (Wildman–Crippen MR) is 116 cm³/mol.